The van der Waals surface area contributed by atoms with E-state index in [1.807, 2.05) is 37.4 Å². The first-order chi connectivity index (χ1) is 14.6. The molecule has 0 bridgehead atoms. The number of aromatic nitrogens is 3. The van der Waals surface area contributed by atoms with E-state index < -0.39 is 0 Å². The van der Waals surface area contributed by atoms with Gasteiger partial charge in [0.05, 0.1) is 28.7 Å². The zero-order chi connectivity index (χ0) is 20.7. The summed E-state index contributed by atoms with van der Waals surface area (Å²) in [5.41, 5.74) is 4.80. The van der Waals surface area contributed by atoms with E-state index in [2.05, 4.69) is 32.0 Å². The van der Waals surface area contributed by atoms with Gasteiger partial charge in [0.15, 0.2) is 0 Å². The highest BCUT2D eigenvalue weighted by Gasteiger charge is 2.27. The second-order valence-corrected chi connectivity index (χ2v) is 8.06. The van der Waals surface area contributed by atoms with Gasteiger partial charge in [-0.05, 0) is 48.7 Å². The molecule has 0 amide bonds. The maximum atomic E-state index is 12.4. The minimum Gasteiger partial charge on any atom is -0.369 e. The first-order valence-electron chi connectivity index (χ1n) is 10.4. The third-order valence-corrected chi connectivity index (χ3v) is 6.35. The summed E-state index contributed by atoms with van der Waals surface area (Å²) < 4.78 is 1.75. The molecule has 0 spiro atoms. The molecule has 0 radical (unpaired) electrons. The van der Waals surface area contributed by atoms with E-state index in [1.54, 1.807) is 10.9 Å². The highest BCUT2D eigenvalue weighted by molar-refractivity contribution is 5.81. The molecule has 7 heteroatoms. The molecule has 7 nitrogen and oxygen atoms in total. The predicted octanol–water partition coefficient (Wildman–Crippen LogP) is 2.50. The first-order valence-corrected chi connectivity index (χ1v) is 10.4. The van der Waals surface area contributed by atoms with Gasteiger partial charge >= 0.3 is 0 Å². The Bertz CT molecular complexity index is 1210. The second-order valence-electron chi connectivity index (χ2n) is 8.06. The quantitative estimate of drug-likeness (QED) is 0.731. The van der Waals surface area contributed by atoms with Crippen LogP contribution in [0.3, 0.4) is 0 Å². The molecule has 1 aliphatic carbocycles. The number of rotatable bonds is 3. The number of nitrogens with zero attached hydrogens (tertiary/aromatic N) is 5. The summed E-state index contributed by atoms with van der Waals surface area (Å²) in [6.07, 6.45) is 6.00. The fourth-order valence-electron chi connectivity index (χ4n) is 4.60. The predicted molar refractivity (Wildman–Crippen MR) is 117 cm³/mol. The van der Waals surface area contributed by atoms with Gasteiger partial charge in [-0.3, -0.25) is 14.4 Å². The molecule has 1 atom stereocenters. The van der Waals surface area contributed by atoms with Gasteiger partial charge < -0.3 is 9.88 Å². The Balaban J connectivity index is 1.28. The molecule has 3 aromatic rings. The summed E-state index contributed by atoms with van der Waals surface area (Å²) in [6.45, 7) is 3.96. The number of allylic oxidation sites excluding steroid dienone is 1. The van der Waals surface area contributed by atoms with Crippen molar-refractivity contribution in [2.24, 2.45) is 7.05 Å². The molecule has 30 heavy (non-hydrogen) atoms. The van der Waals surface area contributed by atoms with Crippen LogP contribution in [0.25, 0.3) is 16.5 Å². The SMILES string of the molecule is Cn1ncc2c(=O)[nH]c(C3=CC(N4CCN(c5ccc(C#N)cc5)CC4)CC3)cc21. The second kappa shape index (κ2) is 7.47. The van der Waals surface area contributed by atoms with Gasteiger partial charge in [-0.25, -0.2) is 0 Å². The standard InChI is InChI=1S/C23H24N6O/c1-27-22-13-21(26-23(30)20(22)15-25-27)17-4-7-19(12-17)29-10-8-28(9-11-29)18-5-2-16(14-24)3-6-18/h2-3,5-6,12-13,15,19H,4,7-11H2,1H3,(H,26,30). The summed E-state index contributed by atoms with van der Waals surface area (Å²) in [7, 11) is 1.87. The zero-order valence-electron chi connectivity index (χ0n) is 17.0. The number of pyridine rings is 1. The largest absolute Gasteiger partial charge is 0.369 e. The zero-order valence-corrected chi connectivity index (χ0v) is 17.0. The van der Waals surface area contributed by atoms with Crippen LogP contribution in [0.1, 0.15) is 24.1 Å². The van der Waals surface area contributed by atoms with E-state index in [1.165, 1.54) is 11.3 Å². The summed E-state index contributed by atoms with van der Waals surface area (Å²) in [6, 6.07) is 12.5. The molecule has 1 fully saturated rings. The van der Waals surface area contributed by atoms with Gasteiger partial charge in [-0.15, -0.1) is 0 Å². The number of fused-ring (bicyclic) bond motifs is 1. The fraction of sp³-hybridized carbons (Fsp3) is 0.348. The molecule has 0 saturated carbocycles. The number of aromatic amines is 1. The Morgan fingerprint density at radius 2 is 1.93 bits per heavy atom. The lowest BCUT2D eigenvalue weighted by molar-refractivity contribution is 0.214. The highest BCUT2D eigenvalue weighted by Crippen LogP contribution is 2.31. The summed E-state index contributed by atoms with van der Waals surface area (Å²) in [5.74, 6) is 0. The van der Waals surface area contributed by atoms with Crippen molar-refractivity contribution in [2.45, 2.75) is 18.9 Å². The number of nitrogens with one attached hydrogen (secondary N) is 1. The Hall–Kier alpha value is -3.37. The van der Waals surface area contributed by atoms with E-state index in [9.17, 15) is 4.79 Å². The Morgan fingerprint density at radius 1 is 1.17 bits per heavy atom. The van der Waals surface area contributed by atoms with Crippen molar-refractivity contribution in [3.8, 4) is 6.07 Å². The van der Waals surface area contributed by atoms with Crippen LogP contribution >= 0.6 is 0 Å². The van der Waals surface area contributed by atoms with Crippen LogP contribution < -0.4 is 10.5 Å². The highest BCUT2D eigenvalue weighted by atomic mass is 16.1. The van der Waals surface area contributed by atoms with E-state index in [0.717, 1.165) is 50.2 Å². The maximum Gasteiger partial charge on any atom is 0.259 e. The molecule has 5 rings (SSSR count). The molecular weight excluding hydrogens is 376 g/mol. The maximum absolute atomic E-state index is 12.4. The minimum atomic E-state index is -0.0732. The van der Waals surface area contributed by atoms with Gasteiger partial charge in [0.1, 0.15) is 0 Å². The minimum absolute atomic E-state index is 0.0732. The lowest BCUT2D eigenvalue weighted by atomic mass is 10.1. The molecule has 2 aliphatic rings. The van der Waals surface area contributed by atoms with Crippen molar-refractivity contribution < 1.29 is 0 Å². The lowest BCUT2D eigenvalue weighted by Gasteiger charge is -2.38. The number of H-pyrrole nitrogens is 1. The van der Waals surface area contributed by atoms with Gasteiger partial charge in [0, 0.05) is 50.6 Å². The molecule has 1 aromatic carbocycles. The molecule has 152 valence electrons. The number of nitriles is 1. The van der Waals surface area contributed by atoms with E-state index in [0.29, 0.717) is 17.0 Å². The first kappa shape index (κ1) is 18.6. The van der Waals surface area contributed by atoms with E-state index >= 15 is 0 Å². The summed E-state index contributed by atoms with van der Waals surface area (Å²) in [4.78, 5) is 20.3. The van der Waals surface area contributed by atoms with Crippen LogP contribution in [-0.2, 0) is 7.05 Å². The summed E-state index contributed by atoms with van der Waals surface area (Å²) in [5, 5.41) is 13.8. The number of benzene rings is 1. The molecular formula is C23H24N6O. The van der Waals surface area contributed by atoms with Gasteiger partial charge in [-0.2, -0.15) is 10.4 Å². The molecule has 2 aromatic heterocycles. The Labute approximate surface area is 174 Å². The molecule has 1 unspecified atom stereocenters. The van der Waals surface area contributed by atoms with Gasteiger partial charge in [0.2, 0.25) is 0 Å². The summed E-state index contributed by atoms with van der Waals surface area (Å²) >= 11 is 0. The lowest BCUT2D eigenvalue weighted by Crippen LogP contribution is -2.49. The number of aryl methyl sites for hydroxylation is 1. The van der Waals surface area contributed by atoms with Crippen molar-refractivity contribution in [1.29, 1.82) is 5.26 Å². The number of hydrogen-bond donors (Lipinski definition) is 1. The van der Waals surface area contributed by atoms with Crippen LogP contribution in [0.2, 0.25) is 0 Å². The van der Waals surface area contributed by atoms with Crippen molar-refractivity contribution in [3.63, 3.8) is 0 Å². The smallest absolute Gasteiger partial charge is 0.259 e. The number of anilines is 1. The van der Waals surface area contributed by atoms with Crippen molar-refractivity contribution in [2.75, 3.05) is 31.1 Å². The third-order valence-electron chi connectivity index (χ3n) is 6.35. The van der Waals surface area contributed by atoms with Gasteiger partial charge in [-0.1, -0.05) is 6.08 Å². The van der Waals surface area contributed by atoms with Gasteiger partial charge in [0.25, 0.3) is 5.56 Å². The Morgan fingerprint density at radius 3 is 2.67 bits per heavy atom. The van der Waals surface area contributed by atoms with E-state index in [4.69, 9.17) is 5.26 Å². The van der Waals surface area contributed by atoms with Crippen LogP contribution in [-0.4, -0.2) is 51.9 Å². The number of hydrogen-bond acceptors (Lipinski definition) is 5. The van der Waals surface area contributed by atoms with Crippen molar-refractivity contribution >= 4 is 22.2 Å². The topological polar surface area (TPSA) is 81.0 Å². The molecule has 1 saturated heterocycles. The average Bonchev–Trinajstić information content (AvgIpc) is 3.42. The monoisotopic (exact) mass is 400 g/mol. The van der Waals surface area contributed by atoms with Crippen molar-refractivity contribution in [3.05, 3.63) is 64.2 Å². The molecule has 1 aliphatic heterocycles. The van der Waals surface area contributed by atoms with Crippen LogP contribution in [0.15, 0.2) is 47.4 Å². The van der Waals surface area contributed by atoms with E-state index in [-0.39, 0.29) is 5.56 Å². The van der Waals surface area contributed by atoms with Crippen molar-refractivity contribution in [1.82, 2.24) is 19.7 Å². The Kier molecular flexibility index (Phi) is 4.64. The van der Waals surface area contributed by atoms with Crippen LogP contribution in [0.5, 0.6) is 0 Å². The normalized spacial score (nSPS) is 19.8. The average molecular weight is 400 g/mol. The fourth-order valence-corrected chi connectivity index (χ4v) is 4.60. The molecule has 3 heterocycles. The van der Waals surface area contributed by atoms with Crippen LogP contribution in [0.4, 0.5) is 5.69 Å². The molecule has 1 N–H and O–H groups in total. The number of piperazine rings is 1. The van der Waals surface area contributed by atoms with Crippen LogP contribution in [0, 0.1) is 11.3 Å². The third kappa shape index (κ3) is 3.29.